The quantitative estimate of drug-likeness (QED) is 0.805. The van der Waals surface area contributed by atoms with Gasteiger partial charge in [0.15, 0.2) is 0 Å². The van der Waals surface area contributed by atoms with Crippen molar-refractivity contribution >= 4 is 29.1 Å². The predicted octanol–water partition coefficient (Wildman–Crippen LogP) is 2.97. The maximum absolute atomic E-state index is 12.8. The highest BCUT2D eigenvalue weighted by molar-refractivity contribution is 6.32. The first-order chi connectivity index (χ1) is 12.4. The van der Waals surface area contributed by atoms with Gasteiger partial charge >= 0.3 is 0 Å². The number of ether oxygens (including phenoxy) is 2. The minimum Gasteiger partial charge on any atom is -0.495 e. The molecule has 2 saturated heterocycles. The van der Waals surface area contributed by atoms with Gasteiger partial charge in [-0.2, -0.15) is 0 Å². The van der Waals surface area contributed by atoms with Gasteiger partial charge < -0.3 is 19.3 Å². The molecule has 2 aliphatic heterocycles. The van der Waals surface area contributed by atoms with Gasteiger partial charge in [-0.15, -0.1) is 0 Å². The number of anilines is 1. The van der Waals surface area contributed by atoms with E-state index >= 15 is 0 Å². The van der Waals surface area contributed by atoms with Crippen LogP contribution < -0.4 is 14.4 Å². The van der Waals surface area contributed by atoms with Gasteiger partial charge in [-0.25, -0.2) is 0 Å². The van der Waals surface area contributed by atoms with Gasteiger partial charge in [0.2, 0.25) is 11.8 Å². The molecule has 3 rings (SSSR count). The Balaban J connectivity index is 1.79. The molecule has 0 N–H and O–H groups in total. The first-order valence-electron chi connectivity index (χ1n) is 8.95. The Morgan fingerprint density at radius 1 is 1.15 bits per heavy atom. The van der Waals surface area contributed by atoms with E-state index in [4.69, 9.17) is 21.1 Å². The first-order valence-corrected chi connectivity index (χ1v) is 9.33. The van der Waals surface area contributed by atoms with Gasteiger partial charge in [0.25, 0.3) is 0 Å². The number of piperidine rings is 1. The summed E-state index contributed by atoms with van der Waals surface area (Å²) in [7, 11) is 3.05. The van der Waals surface area contributed by atoms with Crippen molar-refractivity contribution in [1.29, 1.82) is 0 Å². The summed E-state index contributed by atoms with van der Waals surface area (Å²) in [4.78, 5) is 28.9. The van der Waals surface area contributed by atoms with E-state index in [0.29, 0.717) is 34.7 Å². The molecule has 6 nitrogen and oxygen atoms in total. The van der Waals surface area contributed by atoms with Crippen LogP contribution in [-0.2, 0) is 9.59 Å². The third-order valence-electron chi connectivity index (χ3n) is 5.31. The van der Waals surface area contributed by atoms with Crippen LogP contribution in [0.2, 0.25) is 5.02 Å². The van der Waals surface area contributed by atoms with E-state index in [9.17, 15) is 9.59 Å². The number of carbonyl (C=O) groups is 2. The van der Waals surface area contributed by atoms with Gasteiger partial charge in [-0.1, -0.05) is 18.5 Å². The van der Waals surface area contributed by atoms with Gasteiger partial charge in [-0.3, -0.25) is 9.59 Å². The minimum atomic E-state index is -0.317. The molecule has 1 unspecified atom stereocenters. The van der Waals surface area contributed by atoms with E-state index in [-0.39, 0.29) is 24.2 Å². The SMILES string of the molecule is COc1cc(N2CC(C(=O)N3CCC(C)CC3)CC2=O)c(OC)cc1Cl. The summed E-state index contributed by atoms with van der Waals surface area (Å²) in [6.07, 6.45) is 2.27. The Labute approximate surface area is 159 Å². The molecular weight excluding hydrogens is 356 g/mol. The Morgan fingerprint density at radius 2 is 1.81 bits per heavy atom. The summed E-state index contributed by atoms with van der Waals surface area (Å²) in [6, 6.07) is 3.32. The van der Waals surface area contributed by atoms with Crippen molar-refractivity contribution in [3.63, 3.8) is 0 Å². The molecule has 7 heteroatoms. The number of methoxy groups -OCH3 is 2. The monoisotopic (exact) mass is 380 g/mol. The second-order valence-corrected chi connectivity index (χ2v) is 7.48. The second-order valence-electron chi connectivity index (χ2n) is 7.07. The molecule has 0 spiro atoms. The van der Waals surface area contributed by atoms with Crippen molar-refractivity contribution < 1.29 is 19.1 Å². The van der Waals surface area contributed by atoms with Crippen LogP contribution in [0, 0.1) is 11.8 Å². The highest BCUT2D eigenvalue weighted by Gasteiger charge is 2.39. The molecule has 2 amide bonds. The summed E-state index contributed by atoms with van der Waals surface area (Å²) >= 11 is 6.15. The lowest BCUT2D eigenvalue weighted by Crippen LogP contribution is -2.42. The number of likely N-dealkylation sites (tertiary alicyclic amines) is 1. The molecule has 2 aliphatic rings. The smallest absolute Gasteiger partial charge is 0.228 e. The average Bonchev–Trinajstić information content (AvgIpc) is 3.03. The molecule has 2 heterocycles. The molecule has 1 aromatic carbocycles. The zero-order chi connectivity index (χ0) is 18.8. The van der Waals surface area contributed by atoms with Crippen molar-refractivity contribution in [3.05, 3.63) is 17.2 Å². The van der Waals surface area contributed by atoms with E-state index < -0.39 is 0 Å². The van der Waals surface area contributed by atoms with Crippen LogP contribution in [0.1, 0.15) is 26.2 Å². The summed E-state index contributed by atoms with van der Waals surface area (Å²) in [5.74, 6) is 1.29. The van der Waals surface area contributed by atoms with Crippen LogP contribution in [0.4, 0.5) is 5.69 Å². The van der Waals surface area contributed by atoms with Crippen LogP contribution in [0.3, 0.4) is 0 Å². The van der Waals surface area contributed by atoms with E-state index in [2.05, 4.69) is 6.92 Å². The summed E-state index contributed by atoms with van der Waals surface area (Å²) < 4.78 is 10.6. The Hall–Kier alpha value is -1.95. The molecular formula is C19H25ClN2O4. The fraction of sp³-hybridized carbons (Fsp3) is 0.579. The molecule has 0 bridgehead atoms. The highest BCUT2D eigenvalue weighted by Crippen LogP contribution is 2.40. The van der Waals surface area contributed by atoms with E-state index in [0.717, 1.165) is 25.9 Å². The third kappa shape index (κ3) is 3.61. The average molecular weight is 381 g/mol. The van der Waals surface area contributed by atoms with Crippen molar-refractivity contribution in [3.8, 4) is 11.5 Å². The maximum atomic E-state index is 12.8. The van der Waals surface area contributed by atoms with Crippen molar-refractivity contribution in [2.75, 3.05) is 38.8 Å². The standard InChI is InChI=1S/C19H25ClN2O4/c1-12-4-6-21(7-5-12)19(24)13-8-18(23)22(11-13)15-10-16(25-2)14(20)9-17(15)26-3/h9-10,12-13H,4-8,11H2,1-3H3. The van der Waals surface area contributed by atoms with Gasteiger partial charge in [0, 0.05) is 38.2 Å². The maximum Gasteiger partial charge on any atom is 0.228 e. The number of amides is 2. The van der Waals surface area contributed by atoms with Crippen LogP contribution in [-0.4, -0.2) is 50.6 Å². The van der Waals surface area contributed by atoms with Gasteiger partial charge in [-0.05, 0) is 18.8 Å². The molecule has 0 saturated carbocycles. The summed E-state index contributed by atoms with van der Waals surface area (Å²) in [5, 5.41) is 0.412. The fourth-order valence-corrected chi connectivity index (χ4v) is 3.88. The summed E-state index contributed by atoms with van der Waals surface area (Å²) in [5.41, 5.74) is 0.585. The van der Waals surface area contributed by atoms with Crippen LogP contribution in [0.15, 0.2) is 12.1 Å². The molecule has 0 aliphatic carbocycles. The lowest BCUT2D eigenvalue weighted by atomic mass is 9.97. The number of benzene rings is 1. The first kappa shape index (κ1) is 18.8. The fourth-order valence-electron chi connectivity index (χ4n) is 3.65. The zero-order valence-corrected chi connectivity index (χ0v) is 16.2. The molecule has 0 radical (unpaired) electrons. The van der Waals surface area contributed by atoms with Crippen LogP contribution in [0.25, 0.3) is 0 Å². The van der Waals surface area contributed by atoms with Crippen LogP contribution >= 0.6 is 11.6 Å². The van der Waals surface area contributed by atoms with E-state index in [1.807, 2.05) is 4.90 Å². The molecule has 142 valence electrons. The third-order valence-corrected chi connectivity index (χ3v) is 5.61. The second kappa shape index (κ2) is 7.74. The largest absolute Gasteiger partial charge is 0.495 e. The number of carbonyl (C=O) groups excluding carboxylic acids is 2. The predicted molar refractivity (Wildman–Crippen MR) is 100.0 cm³/mol. The van der Waals surface area contributed by atoms with Crippen molar-refractivity contribution in [2.45, 2.75) is 26.2 Å². The van der Waals surface area contributed by atoms with Crippen molar-refractivity contribution in [2.24, 2.45) is 11.8 Å². The lowest BCUT2D eigenvalue weighted by Gasteiger charge is -2.32. The Bertz CT molecular complexity index is 701. The van der Waals surface area contributed by atoms with Gasteiger partial charge in [0.05, 0.1) is 30.8 Å². The topological polar surface area (TPSA) is 59.1 Å². The molecule has 0 aromatic heterocycles. The lowest BCUT2D eigenvalue weighted by molar-refractivity contribution is -0.137. The Morgan fingerprint density at radius 3 is 2.42 bits per heavy atom. The zero-order valence-electron chi connectivity index (χ0n) is 15.5. The van der Waals surface area contributed by atoms with E-state index in [1.165, 1.54) is 14.2 Å². The molecule has 26 heavy (non-hydrogen) atoms. The number of halogens is 1. The Kier molecular flexibility index (Phi) is 5.61. The van der Waals surface area contributed by atoms with Crippen LogP contribution in [0.5, 0.6) is 11.5 Å². The normalized spacial score (nSPS) is 21.2. The summed E-state index contributed by atoms with van der Waals surface area (Å²) in [6.45, 7) is 4.12. The number of hydrogen-bond donors (Lipinski definition) is 0. The van der Waals surface area contributed by atoms with Gasteiger partial charge in [0.1, 0.15) is 11.5 Å². The number of nitrogens with zero attached hydrogens (tertiary/aromatic N) is 2. The van der Waals surface area contributed by atoms with Crippen molar-refractivity contribution in [1.82, 2.24) is 4.90 Å². The highest BCUT2D eigenvalue weighted by atomic mass is 35.5. The molecule has 1 aromatic rings. The minimum absolute atomic E-state index is 0.0765. The molecule has 2 fully saturated rings. The van der Waals surface area contributed by atoms with E-state index in [1.54, 1.807) is 17.0 Å². The number of hydrogen-bond acceptors (Lipinski definition) is 4. The molecule has 1 atom stereocenters. The number of rotatable bonds is 4.